The molecule has 2 N–H and O–H groups in total. The topological polar surface area (TPSA) is 46.6 Å². The molecular formula is C14H22N4S. The second-order valence-corrected chi connectivity index (χ2v) is 6.26. The maximum Gasteiger partial charge on any atom is 0.193 e. The Morgan fingerprint density at radius 3 is 3.16 bits per heavy atom. The van der Waals surface area contributed by atoms with E-state index in [-0.39, 0.29) is 0 Å². The molecule has 1 aliphatic rings. The molecule has 0 amide bonds. The number of hydrogen-bond donors (Lipinski definition) is 1. The highest BCUT2D eigenvalue weighted by molar-refractivity contribution is 7.15. The van der Waals surface area contributed by atoms with Crippen LogP contribution in [0.25, 0.3) is 4.96 Å². The Balaban J connectivity index is 1.74. The largest absolute Gasteiger partial charge is 0.330 e. The van der Waals surface area contributed by atoms with Crippen LogP contribution in [-0.2, 0) is 6.54 Å². The number of imidazole rings is 1. The van der Waals surface area contributed by atoms with Crippen molar-refractivity contribution in [3.63, 3.8) is 0 Å². The summed E-state index contributed by atoms with van der Waals surface area (Å²) in [6, 6.07) is 0.648. The summed E-state index contributed by atoms with van der Waals surface area (Å²) in [6.45, 7) is 5.09. The molecule has 0 saturated heterocycles. The Hall–Kier alpha value is -0.910. The van der Waals surface area contributed by atoms with Crippen molar-refractivity contribution in [1.82, 2.24) is 14.3 Å². The number of hydrogen-bond acceptors (Lipinski definition) is 4. The molecule has 104 valence electrons. The highest BCUT2D eigenvalue weighted by Crippen LogP contribution is 2.30. The normalized spacial score (nSPS) is 23.7. The molecule has 2 atom stereocenters. The molecule has 1 fully saturated rings. The molecule has 19 heavy (non-hydrogen) atoms. The summed E-state index contributed by atoms with van der Waals surface area (Å²) >= 11 is 1.69. The minimum absolute atomic E-state index is 0.648. The van der Waals surface area contributed by atoms with Crippen LogP contribution < -0.4 is 5.73 Å². The van der Waals surface area contributed by atoms with Gasteiger partial charge in [-0.15, -0.1) is 11.3 Å². The molecule has 1 aliphatic carbocycles. The van der Waals surface area contributed by atoms with Crippen LogP contribution >= 0.6 is 11.3 Å². The molecule has 2 unspecified atom stereocenters. The molecule has 0 spiro atoms. The van der Waals surface area contributed by atoms with Crippen molar-refractivity contribution < 1.29 is 0 Å². The third kappa shape index (κ3) is 2.55. The quantitative estimate of drug-likeness (QED) is 0.913. The third-order valence-corrected chi connectivity index (χ3v) is 5.08. The van der Waals surface area contributed by atoms with Crippen molar-refractivity contribution in [2.75, 3.05) is 13.1 Å². The van der Waals surface area contributed by atoms with Gasteiger partial charge in [0.2, 0.25) is 0 Å². The maximum atomic E-state index is 5.91. The van der Waals surface area contributed by atoms with Crippen molar-refractivity contribution in [2.45, 2.75) is 38.8 Å². The summed E-state index contributed by atoms with van der Waals surface area (Å²) < 4.78 is 2.11. The van der Waals surface area contributed by atoms with Crippen molar-refractivity contribution in [1.29, 1.82) is 0 Å². The first-order valence-electron chi connectivity index (χ1n) is 7.17. The minimum atomic E-state index is 0.648. The van der Waals surface area contributed by atoms with E-state index in [0.717, 1.165) is 24.6 Å². The van der Waals surface area contributed by atoms with Gasteiger partial charge in [0.05, 0.1) is 5.69 Å². The fourth-order valence-electron chi connectivity index (χ4n) is 3.30. The van der Waals surface area contributed by atoms with Crippen LogP contribution in [0.3, 0.4) is 0 Å². The lowest BCUT2D eigenvalue weighted by Gasteiger charge is -2.31. The SMILES string of the molecule is CCN(Cc1cn2ccsc2n1)C1CCCC1CN. The zero-order chi connectivity index (χ0) is 13.2. The highest BCUT2D eigenvalue weighted by atomic mass is 32.1. The average molecular weight is 278 g/mol. The van der Waals surface area contributed by atoms with Gasteiger partial charge >= 0.3 is 0 Å². The van der Waals surface area contributed by atoms with Crippen LogP contribution in [0.4, 0.5) is 0 Å². The van der Waals surface area contributed by atoms with Crippen LogP contribution in [0, 0.1) is 5.92 Å². The molecule has 2 aromatic heterocycles. The van der Waals surface area contributed by atoms with E-state index in [9.17, 15) is 0 Å². The first-order chi connectivity index (χ1) is 9.31. The van der Waals surface area contributed by atoms with E-state index >= 15 is 0 Å². The standard InChI is InChI=1S/C14H22N4S/c1-2-17(13-5-3-4-11(13)8-15)9-12-10-18-6-7-19-14(18)16-12/h6-7,10-11,13H,2-5,8-9,15H2,1H3. The fraction of sp³-hybridized carbons (Fsp3) is 0.643. The van der Waals surface area contributed by atoms with Gasteiger partial charge in [0.1, 0.15) is 0 Å². The van der Waals surface area contributed by atoms with Crippen LogP contribution in [0.5, 0.6) is 0 Å². The van der Waals surface area contributed by atoms with E-state index in [1.807, 2.05) is 0 Å². The smallest absolute Gasteiger partial charge is 0.193 e. The number of fused-ring (bicyclic) bond motifs is 1. The van der Waals surface area contributed by atoms with Gasteiger partial charge in [-0.2, -0.15) is 0 Å². The number of nitrogens with zero attached hydrogens (tertiary/aromatic N) is 3. The molecule has 0 radical (unpaired) electrons. The van der Waals surface area contributed by atoms with Crippen LogP contribution in [-0.4, -0.2) is 33.4 Å². The van der Waals surface area contributed by atoms with Crippen molar-refractivity contribution in [3.05, 3.63) is 23.5 Å². The van der Waals surface area contributed by atoms with Gasteiger partial charge in [0.25, 0.3) is 0 Å². The molecule has 2 heterocycles. The van der Waals surface area contributed by atoms with E-state index in [1.165, 1.54) is 25.0 Å². The maximum absolute atomic E-state index is 5.91. The van der Waals surface area contributed by atoms with Crippen LogP contribution in [0.2, 0.25) is 0 Å². The average Bonchev–Trinajstić information content (AvgIpc) is 3.10. The highest BCUT2D eigenvalue weighted by Gasteiger charge is 2.30. The van der Waals surface area contributed by atoms with E-state index in [1.54, 1.807) is 11.3 Å². The summed E-state index contributed by atoms with van der Waals surface area (Å²) in [5.74, 6) is 0.670. The zero-order valence-electron chi connectivity index (χ0n) is 11.5. The van der Waals surface area contributed by atoms with E-state index in [4.69, 9.17) is 10.7 Å². The molecule has 1 saturated carbocycles. The molecule has 5 heteroatoms. The number of aromatic nitrogens is 2. The molecule has 0 bridgehead atoms. The Kier molecular flexibility index (Phi) is 3.86. The summed E-state index contributed by atoms with van der Waals surface area (Å²) in [5, 5.41) is 2.07. The minimum Gasteiger partial charge on any atom is -0.330 e. The predicted molar refractivity (Wildman–Crippen MR) is 79.3 cm³/mol. The van der Waals surface area contributed by atoms with Gasteiger partial charge in [-0.3, -0.25) is 9.30 Å². The molecular weight excluding hydrogens is 256 g/mol. The van der Waals surface area contributed by atoms with Gasteiger partial charge in [0, 0.05) is 30.4 Å². The van der Waals surface area contributed by atoms with E-state index in [0.29, 0.717) is 12.0 Å². The summed E-state index contributed by atoms with van der Waals surface area (Å²) in [6.07, 6.45) is 8.13. The number of nitrogens with two attached hydrogens (primary N) is 1. The van der Waals surface area contributed by atoms with Gasteiger partial charge in [-0.1, -0.05) is 13.3 Å². The van der Waals surface area contributed by atoms with Gasteiger partial charge < -0.3 is 5.73 Å². The number of thiazole rings is 1. The zero-order valence-corrected chi connectivity index (χ0v) is 12.3. The first-order valence-corrected chi connectivity index (χ1v) is 8.05. The van der Waals surface area contributed by atoms with Gasteiger partial charge in [-0.05, 0) is 31.8 Å². The Morgan fingerprint density at radius 2 is 2.42 bits per heavy atom. The lowest BCUT2D eigenvalue weighted by atomic mass is 10.0. The molecule has 2 aromatic rings. The summed E-state index contributed by atoms with van der Waals surface area (Å²) in [5.41, 5.74) is 7.09. The Morgan fingerprint density at radius 1 is 1.53 bits per heavy atom. The lowest BCUT2D eigenvalue weighted by molar-refractivity contribution is 0.160. The number of rotatable bonds is 5. The summed E-state index contributed by atoms with van der Waals surface area (Å²) in [7, 11) is 0. The van der Waals surface area contributed by atoms with Gasteiger partial charge in [-0.25, -0.2) is 4.98 Å². The molecule has 4 nitrogen and oxygen atoms in total. The second-order valence-electron chi connectivity index (χ2n) is 5.38. The third-order valence-electron chi connectivity index (χ3n) is 4.31. The van der Waals surface area contributed by atoms with Crippen molar-refractivity contribution in [2.24, 2.45) is 11.7 Å². The van der Waals surface area contributed by atoms with E-state index in [2.05, 4.69) is 34.0 Å². The van der Waals surface area contributed by atoms with Crippen molar-refractivity contribution in [3.8, 4) is 0 Å². The Bertz CT molecular complexity index is 504. The second kappa shape index (κ2) is 5.61. The molecule has 0 aromatic carbocycles. The van der Waals surface area contributed by atoms with Crippen LogP contribution in [0.15, 0.2) is 17.8 Å². The van der Waals surface area contributed by atoms with Crippen LogP contribution in [0.1, 0.15) is 31.9 Å². The fourth-order valence-corrected chi connectivity index (χ4v) is 4.02. The van der Waals surface area contributed by atoms with Gasteiger partial charge in [0.15, 0.2) is 4.96 Å². The Labute approximate surface area is 118 Å². The molecule has 0 aliphatic heterocycles. The first kappa shape index (κ1) is 13.1. The van der Waals surface area contributed by atoms with E-state index < -0.39 is 0 Å². The monoisotopic (exact) mass is 278 g/mol. The lowest BCUT2D eigenvalue weighted by Crippen LogP contribution is -2.39. The summed E-state index contributed by atoms with van der Waals surface area (Å²) in [4.78, 5) is 8.33. The van der Waals surface area contributed by atoms with Crippen molar-refractivity contribution >= 4 is 16.3 Å². The predicted octanol–water partition coefficient (Wildman–Crippen LogP) is 2.35. The molecule has 3 rings (SSSR count).